The maximum Gasteiger partial charge on any atom is 0.235 e. The molecule has 0 saturated heterocycles. The molecule has 3 aromatic rings. The number of nitrogens with one attached hydrogen (secondary N) is 1. The molecule has 1 N–H and O–H groups in total. The summed E-state index contributed by atoms with van der Waals surface area (Å²) in [7, 11) is 0. The summed E-state index contributed by atoms with van der Waals surface area (Å²) in [6.45, 7) is 3.95. The van der Waals surface area contributed by atoms with E-state index in [0.717, 1.165) is 36.8 Å². The third kappa shape index (κ3) is 1.97. The zero-order valence-corrected chi connectivity index (χ0v) is 12.0. The molecule has 1 aromatic carbocycles. The molecule has 0 aliphatic carbocycles. The van der Waals surface area contributed by atoms with E-state index in [1.165, 1.54) is 11.3 Å². The molecule has 0 atom stereocenters. The minimum absolute atomic E-state index is 0.854. The van der Waals surface area contributed by atoms with Gasteiger partial charge in [0.25, 0.3) is 0 Å². The molecule has 0 spiro atoms. The van der Waals surface area contributed by atoms with Crippen molar-refractivity contribution in [2.24, 2.45) is 0 Å². The summed E-state index contributed by atoms with van der Waals surface area (Å²) in [5.41, 5.74) is 4.76. The smallest absolute Gasteiger partial charge is 0.235 e. The van der Waals surface area contributed by atoms with Crippen molar-refractivity contribution < 1.29 is 0 Å². The van der Waals surface area contributed by atoms with E-state index < -0.39 is 0 Å². The van der Waals surface area contributed by atoms with Gasteiger partial charge in [0.15, 0.2) is 0 Å². The van der Waals surface area contributed by atoms with Crippen molar-refractivity contribution in [3.8, 4) is 11.6 Å². The van der Waals surface area contributed by atoms with Crippen LogP contribution >= 0.6 is 0 Å². The normalized spacial score (nSPS) is 14.1. The molecule has 2 aromatic heterocycles. The number of imidazole rings is 1. The first-order valence-corrected chi connectivity index (χ1v) is 7.22. The van der Waals surface area contributed by atoms with Crippen LogP contribution < -0.4 is 5.32 Å². The highest BCUT2D eigenvalue weighted by atomic mass is 15.4. The standard InChI is InChI=1S/C16H17N5/c1-12-14-11-17-8-7-15(14)21(19-12)16-18-9-10-20(16)13-5-3-2-4-6-13/h2-6,9-10,17H,7-8,11H2,1H3. The molecule has 0 unspecified atom stereocenters. The number of aromatic nitrogens is 4. The Bertz CT molecular complexity index is 769. The Morgan fingerprint density at radius 3 is 2.90 bits per heavy atom. The largest absolute Gasteiger partial charge is 0.312 e. The van der Waals surface area contributed by atoms with Gasteiger partial charge in [0.05, 0.1) is 11.4 Å². The molecule has 1 aliphatic rings. The average molecular weight is 279 g/mol. The van der Waals surface area contributed by atoms with Gasteiger partial charge in [0.2, 0.25) is 5.95 Å². The van der Waals surface area contributed by atoms with E-state index in [0.29, 0.717) is 0 Å². The van der Waals surface area contributed by atoms with Crippen LogP contribution in [0.3, 0.4) is 0 Å². The molecule has 106 valence electrons. The maximum absolute atomic E-state index is 4.71. The Labute approximate surface area is 123 Å². The summed E-state index contributed by atoms with van der Waals surface area (Å²) in [4.78, 5) is 4.53. The number of hydrogen-bond acceptors (Lipinski definition) is 3. The Balaban J connectivity index is 1.88. The Morgan fingerprint density at radius 1 is 1.19 bits per heavy atom. The van der Waals surface area contributed by atoms with Gasteiger partial charge in [-0.05, 0) is 19.1 Å². The molecule has 0 amide bonds. The predicted molar refractivity (Wildman–Crippen MR) is 80.8 cm³/mol. The predicted octanol–water partition coefficient (Wildman–Crippen LogP) is 2.01. The minimum atomic E-state index is 0.854. The van der Waals surface area contributed by atoms with Gasteiger partial charge in [-0.2, -0.15) is 5.10 Å². The number of para-hydroxylation sites is 1. The Morgan fingerprint density at radius 2 is 2.05 bits per heavy atom. The highest BCUT2D eigenvalue weighted by Gasteiger charge is 2.21. The summed E-state index contributed by atoms with van der Waals surface area (Å²) in [6.07, 6.45) is 4.79. The van der Waals surface area contributed by atoms with Crippen LogP contribution in [0.1, 0.15) is 17.0 Å². The van der Waals surface area contributed by atoms with Crippen LogP contribution in [-0.4, -0.2) is 25.9 Å². The quantitative estimate of drug-likeness (QED) is 0.780. The molecule has 0 radical (unpaired) electrons. The molecule has 0 saturated carbocycles. The Kier molecular flexibility index (Phi) is 2.86. The number of aryl methyl sites for hydroxylation is 1. The minimum Gasteiger partial charge on any atom is -0.312 e. The summed E-state index contributed by atoms with van der Waals surface area (Å²) in [5.74, 6) is 0.854. The van der Waals surface area contributed by atoms with Gasteiger partial charge in [-0.3, -0.25) is 4.57 Å². The lowest BCUT2D eigenvalue weighted by Gasteiger charge is -2.15. The van der Waals surface area contributed by atoms with Crippen molar-refractivity contribution in [2.75, 3.05) is 6.54 Å². The average Bonchev–Trinajstić information content (AvgIpc) is 3.13. The van der Waals surface area contributed by atoms with Gasteiger partial charge >= 0.3 is 0 Å². The second-order valence-corrected chi connectivity index (χ2v) is 5.28. The van der Waals surface area contributed by atoms with E-state index in [1.54, 1.807) is 0 Å². The van der Waals surface area contributed by atoms with Gasteiger partial charge < -0.3 is 5.32 Å². The van der Waals surface area contributed by atoms with Gasteiger partial charge in [0.1, 0.15) is 0 Å². The first kappa shape index (κ1) is 12.3. The van der Waals surface area contributed by atoms with Gasteiger partial charge in [-0.15, -0.1) is 0 Å². The molecule has 4 rings (SSSR count). The molecule has 3 heterocycles. The topological polar surface area (TPSA) is 47.7 Å². The van der Waals surface area contributed by atoms with Gasteiger partial charge in [-0.25, -0.2) is 9.67 Å². The van der Waals surface area contributed by atoms with E-state index >= 15 is 0 Å². The lowest BCUT2D eigenvalue weighted by atomic mass is 10.1. The van der Waals surface area contributed by atoms with Gasteiger partial charge in [-0.1, -0.05) is 18.2 Å². The molecule has 21 heavy (non-hydrogen) atoms. The fourth-order valence-electron chi connectivity index (χ4n) is 2.92. The molecule has 1 aliphatic heterocycles. The molecule has 0 bridgehead atoms. The third-order valence-electron chi connectivity index (χ3n) is 3.98. The molecule has 5 heteroatoms. The summed E-state index contributed by atoms with van der Waals surface area (Å²) < 4.78 is 4.08. The molecular formula is C16H17N5. The van der Waals surface area contributed by atoms with E-state index in [-0.39, 0.29) is 0 Å². The summed E-state index contributed by atoms with van der Waals surface area (Å²) in [5, 5.41) is 8.12. The van der Waals surface area contributed by atoms with E-state index in [9.17, 15) is 0 Å². The number of hydrogen-bond donors (Lipinski definition) is 1. The van der Waals surface area contributed by atoms with Crippen LogP contribution in [0.15, 0.2) is 42.7 Å². The van der Waals surface area contributed by atoms with Crippen molar-refractivity contribution in [2.45, 2.75) is 19.9 Å². The third-order valence-corrected chi connectivity index (χ3v) is 3.98. The first-order chi connectivity index (χ1) is 10.3. The molecular weight excluding hydrogens is 262 g/mol. The van der Waals surface area contributed by atoms with Crippen LogP contribution in [-0.2, 0) is 13.0 Å². The number of fused-ring (bicyclic) bond motifs is 1. The highest BCUT2D eigenvalue weighted by Crippen LogP contribution is 2.22. The maximum atomic E-state index is 4.71. The van der Waals surface area contributed by atoms with Crippen LogP contribution in [0.4, 0.5) is 0 Å². The van der Waals surface area contributed by atoms with Crippen molar-refractivity contribution >= 4 is 0 Å². The van der Waals surface area contributed by atoms with Crippen LogP contribution in [0.25, 0.3) is 11.6 Å². The first-order valence-electron chi connectivity index (χ1n) is 7.22. The molecule has 5 nitrogen and oxygen atoms in total. The number of benzene rings is 1. The number of rotatable bonds is 2. The van der Waals surface area contributed by atoms with E-state index in [4.69, 9.17) is 5.10 Å². The summed E-state index contributed by atoms with van der Waals surface area (Å²) >= 11 is 0. The lowest BCUT2D eigenvalue weighted by molar-refractivity contribution is 0.615. The van der Waals surface area contributed by atoms with Crippen LogP contribution in [0.2, 0.25) is 0 Å². The van der Waals surface area contributed by atoms with Crippen molar-refractivity contribution in [1.82, 2.24) is 24.6 Å². The van der Waals surface area contributed by atoms with Crippen molar-refractivity contribution in [1.29, 1.82) is 0 Å². The second kappa shape index (κ2) is 4.86. The zero-order chi connectivity index (χ0) is 14.2. The van der Waals surface area contributed by atoms with Crippen molar-refractivity contribution in [3.05, 3.63) is 59.7 Å². The fourth-order valence-corrected chi connectivity index (χ4v) is 2.92. The lowest BCUT2D eigenvalue weighted by Crippen LogP contribution is -2.25. The van der Waals surface area contributed by atoms with Gasteiger partial charge in [0, 0.05) is 43.2 Å². The second-order valence-electron chi connectivity index (χ2n) is 5.28. The summed E-state index contributed by atoms with van der Waals surface area (Å²) in [6, 6.07) is 10.2. The highest BCUT2D eigenvalue weighted by molar-refractivity contribution is 5.39. The van der Waals surface area contributed by atoms with E-state index in [1.807, 2.05) is 35.3 Å². The Hall–Kier alpha value is -2.40. The van der Waals surface area contributed by atoms with Crippen molar-refractivity contribution in [3.63, 3.8) is 0 Å². The van der Waals surface area contributed by atoms with E-state index in [2.05, 4.69) is 33.9 Å². The fraction of sp³-hybridized carbons (Fsp3) is 0.250. The SMILES string of the molecule is Cc1nn(-c2nccn2-c2ccccc2)c2c1CNCC2. The monoisotopic (exact) mass is 279 g/mol. The molecule has 0 fully saturated rings. The number of nitrogens with zero attached hydrogens (tertiary/aromatic N) is 4. The van der Waals surface area contributed by atoms with Crippen LogP contribution in [0, 0.1) is 6.92 Å². The zero-order valence-electron chi connectivity index (χ0n) is 12.0. The van der Waals surface area contributed by atoms with Crippen LogP contribution in [0.5, 0.6) is 0 Å².